The number of ether oxygens (including phenoxy) is 2. The Morgan fingerprint density at radius 3 is 2.26 bits per heavy atom. The topological polar surface area (TPSA) is 72.9 Å². The highest BCUT2D eigenvalue weighted by atomic mass is 16.6. The van der Waals surface area contributed by atoms with Crippen molar-refractivity contribution in [3.8, 4) is 0 Å². The van der Waals surface area contributed by atoms with Gasteiger partial charge in [-0.05, 0) is 12.1 Å². The molecule has 2 amide bonds. The van der Waals surface area contributed by atoms with Gasteiger partial charge in [-0.15, -0.1) is 0 Å². The molecule has 0 radical (unpaired) electrons. The third kappa shape index (κ3) is 2.63. The smallest absolute Gasteiger partial charge is 0.331 e. The van der Waals surface area contributed by atoms with Crippen LogP contribution in [0.15, 0.2) is 24.3 Å². The van der Waals surface area contributed by atoms with Crippen molar-refractivity contribution in [3.63, 3.8) is 0 Å². The maximum absolute atomic E-state index is 11.9. The summed E-state index contributed by atoms with van der Waals surface area (Å²) in [4.78, 5) is 35.8. The molecular weight excluding hydrogens is 250 g/mol. The molecule has 1 aromatic carbocycles. The van der Waals surface area contributed by atoms with Crippen molar-refractivity contribution in [2.45, 2.75) is 0 Å². The zero-order valence-electron chi connectivity index (χ0n) is 10.4. The molecule has 6 nitrogen and oxygen atoms in total. The molecule has 100 valence electrons. The standard InChI is InChI=1S/C13H13NO5/c1-18-11(15)8-19-7-6-14-12(16)9-4-2-3-5-10(9)13(14)17/h2-5H,6-8H2,1H3. The van der Waals surface area contributed by atoms with Crippen LogP contribution < -0.4 is 0 Å². The number of nitrogens with zero attached hydrogens (tertiary/aromatic N) is 1. The molecule has 19 heavy (non-hydrogen) atoms. The third-order valence-corrected chi connectivity index (χ3v) is 2.79. The van der Waals surface area contributed by atoms with Gasteiger partial charge in [0.15, 0.2) is 0 Å². The second-order valence-electron chi connectivity index (χ2n) is 3.94. The zero-order valence-corrected chi connectivity index (χ0v) is 10.4. The molecule has 0 aromatic heterocycles. The largest absolute Gasteiger partial charge is 0.467 e. The van der Waals surface area contributed by atoms with Gasteiger partial charge in [-0.1, -0.05) is 12.1 Å². The van der Waals surface area contributed by atoms with E-state index in [2.05, 4.69) is 4.74 Å². The van der Waals surface area contributed by atoms with Crippen LogP contribution >= 0.6 is 0 Å². The van der Waals surface area contributed by atoms with Crippen LogP contribution in [0.4, 0.5) is 0 Å². The van der Waals surface area contributed by atoms with Gasteiger partial charge >= 0.3 is 5.97 Å². The molecule has 0 atom stereocenters. The Bertz CT molecular complexity index is 491. The van der Waals surface area contributed by atoms with Crippen molar-refractivity contribution < 1.29 is 23.9 Å². The van der Waals surface area contributed by atoms with Gasteiger partial charge in [0.1, 0.15) is 6.61 Å². The molecular formula is C13H13NO5. The lowest BCUT2D eigenvalue weighted by Crippen LogP contribution is -2.33. The highest BCUT2D eigenvalue weighted by Crippen LogP contribution is 2.21. The van der Waals surface area contributed by atoms with Gasteiger partial charge in [0.25, 0.3) is 11.8 Å². The van der Waals surface area contributed by atoms with Crippen LogP contribution in [0, 0.1) is 0 Å². The minimum absolute atomic E-state index is 0.0978. The van der Waals surface area contributed by atoms with E-state index in [0.29, 0.717) is 11.1 Å². The van der Waals surface area contributed by atoms with E-state index in [1.165, 1.54) is 7.11 Å². The van der Waals surface area contributed by atoms with Crippen molar-refractivity contribution in [1.29, 1.82) is 0 Å². The lowest BCUT2D eigenvalue weighted by atomic mass is 10.1. The minimum atomic E-state index is -0.498. The molecule has 0 fully saturated rings. The van der Waals surface area contributed by atoms with Crippen LogP contribution in [0.2, 0.25) is 0 Å². The van der Waals surface area contributed by atoms with E-state index < -0.39 is 5.97 Å². The molecule has 1 heterocycles. The summed E-state index contributed by atoms with van der Waals surface area (Å²) in [5.74, 6) is -1.16. The molecule has 1 aromatic rings. The molecule has 0 saturated heterocycles. The van der Waals surface area contributed by atoms with E-state index in [-0.39, 0.29) is 31.6 Å². The first-order valence-electron chi connectivity index (χ1n) is 5.75. The summed E-state index contributed by atoms with van der Waals surface area (Å²) < 4.78 is 9.43. The average Bonchev–Trinajstić information content (AvgIpc) is 2.68. The SMILES string of the molecule is COC(=O)COCCN1C(=O)c2ccccc2C1=O. The van der Waals surface area contributed by atoms with E-state index in [9.17, 15) is 14.4 Å². The molecule has 2 rings (SSSR count). The Balaban J connectivity index is 1.92. The van der Waals surface area contributed by atoms with Crippen LogP contribution in [0.1, 0.15) is 20.7 Å². The number of fused-ring (bicyclic) bond motifs is 1. The molecule has 0 aliphatic carbocycles. The number of hydrogen-bond donors (Lipinski definition) is 0. The summed E-state index contributed by atoms with van der Waals surface area (Å²) in [6.07, 6.45) is 0. The van der Waals surface area contributed by atoms with Gasteiger partial charge < -0.3 is 9.47 Å². The van der Waals surface area contributed by atoms with Crippen molar-refractivity contribution in [3.05, 3.63) is 35.4 Å². The van der Waals surface area contributed by atoms with Crippen molar-refractivity contribution in [1.82, 2.24) is 4.90 Å². The van der Waals surface area contributed by atoms with Crippen LogP contribution in [0.5, 0.6) is 0 Å². The second-order valence-corrected chi connectivity index (χ2v) is 3.94. The van der Waals surface area contributed by atoms with Crippen molar-refractivity contribution in [2.75, 3.05) is 26.9 Å². The van der Waals surface area contributed by atoms with Gasteiger partial charge in [0, 0.05) is 0 Å². The summed E-state index contributed by atoms with van der Waals surface area (Å²) in [7, 11) is 1.26. The molecule has 0 unspecified atom stereocenters. The first-order valence-corrected chi connectivity index (χ1v) is 5.75. The number of rotatable bonds is 5. The number of hydrogen-bond acceptors (Lipinski definition) is 5. The van der Waals surface area contributed by atoms with Crippen LogP contribution in [-0.4, -0.2) is 49.6 Å². The predicted molar refractivity (Wildman–Crippen MR) is 64.6 cm³/mol. The van der Waals surface area contributed by atoms with Crippen LogP contribution in [0.3, 0.4) is 0 Å². The number of methoxy groups -OCH3 is 1. The quantitative estimate of drug-likeness (QED) is 0.438. The summed E-state index contributed by atoms with van der Waals surface area (Å²) in [5, 5.41) is 0. The monoisotopic (exact) mass is 263 g/mol. The second kappa shape index (κ2) is 5.62. The first-order chi connectivity index (χ1) is 9.15. The Hall–Kier alpha value is -2.21. The van der Waals surface area contributed by atoms with Gasteiger partial charge in [-0.3, -0.25) is 14.5 Å². The Morgan fingerprint density at radius 1 is 1.16 bits per heavy atom. The molecule has 0 saturated carbocycles. The fraction of sp³-hybridized carbons (Fsp3) is 0.308. The van der Waals surface area contributed by atoms with E-state index in [1.807, 2.05) is 0 Å². The molecule has 6 heteroatoms. The van der Waals surface area contributed by atoms with Gasteiger partial charge in [0.05, 0.1) is 31.4 Å². The van der Waals surface area contributed by atoms with E-state index in [4.69, 9.17) is 4.74 Å². The molecule has 0 N–H and O–H groups in total. The Labute approximate surface area is 109 Å². The number of carbonyl (C=O) groups is 3. The maximum Gasteiger partial charge on any atom is 0.331 e. The zero-order chi connectivity index (χ0) is 13.8. The fourth-order valence-corrected chi connectivity index (χ4v) is 1.81. The lowest BCUT2D eigenvalue weighted by Gasteiger charge is -2.13. The summed E-state index contributed by atoms with van der Waals surface area (Å²) in [6, 6.07) is 6.65. The number of amides is 2. The summed E-state index contributed by atoms with van der Waals surface area (Å²) >= 11 is 0. The fourth-order valence-electron chi connectivity index (χ4n) is 1.81. The average molecular weight is 263 g/mol. The Morgan fingerprint density at radius 2 is 1.74 bits per heavy atom. The number of esters is 1. The molecule has 0 spiro atoms. The molecule has 1 aliphatic heterocycles. The number of carbonyl (C=O) groups excluding carboxylic acids is 3. The third-order valence-electron chi connectivity index (χ3n) is 2.79. The van der Waals surface area contributed by atoms with Gasteiger partial charge in [-0.25, -0.2) is 4.79 Å². The Kier molecular flexibility index (Phi) is 3.91. The van der Waals surface area contributed by atoms with E-state index in [1.54, 1.807) is 24.3 Å². The van der Waals surface area contributed by atoms with Crippen molar-refractivity contribution in [2.24, 2.45) is 0 Å². The van der Waals surface area contributed by atoms with Crippen LogP contribution in [0.25, 0.3) is 0 Å². The normalized spacial score (nSPS) is 13.6. The maximum atomic E-state index is 11.9. The predicted octanol–water partition coefficient (Wildman–Crippen LogP) is 0.472. The summed E-state index contributed by atoms with van der Waals surface area (Å²) in [5.41, 5.74) is 0.806. The van der Waals surface area contributed by atoms with Crippen molar-refractivity contribution >= 4 is 17.8 Å². The van der Waals surface area contributed by atoms with E-state index >= 15 is 0 Å². The van der Waals surface area contributed by atoms with E-state index in [0.717, 1.165) is 4.90 Å². The molecule has 0 bridgehead atoms. The summed E-state index contributed by atoms with van der Waals surface area (Å²) in [6.45, 7) is 0.0174. The van der Waals surface area contributed by atoms with Gasteiger partial charge in [-0.2, -0.15) is 0 Å². The molecule has 1 aliphatic rings. The van der Waals surface area contributed by atoms with Crippen LogP contribution in [-0.2, 0) is 14.3 Å². The first kappa shape index (κ1) is 13.2. The highest BCUT2D eigenvalue weighted by molar-refractivity contribution is 6.21. The number of benzene rings is 1. The highest BCUT2D eigenvalue weighted by Gasteiger charge is 2.34. The lowest BCUT2D eigenvalue weighted by molar-refractivity contribution is -0.145. The van der Waals surface area contributed by atoms with Gasteiger partial charge in [0.2, 0.25) is 0 Å². The minimum Gasteiger partial charge on any atom is -0.467 e. The number of imide groups is 1.